The maximum absolute atomic E-state index is 12.6. The number of benzene rings is 2. The fourth-order valence-electron chi connectivity index (χ4n) is 4.22. The number of fused-ring (bicyclic) bond motifs is 3. The maximum atomic E-state index is 12.6. The van der Waals surface area contributed by atoms with E-state index in [2.05, 4.69) is 71.7 Å². The maximum Gasteiger partial charge on any atom is 0.266 e. The molecular formula is C26H22N2OS2. The molecule has 0 radical (unpaired) electrons. The van der Waals surface area contributed by atoms with Gasteiger partial charge in [0.15, 0.2) is 0 Å². The lowest BCUT2D eigenvalue weighted by atomic mass is 9.90. The molecule has 0 atom stereocenters. The zero-order valence-electron chi connectivity index (χ0n) is 17.2. The standard InChI is InChI=1S/C26H22N2OS2/c1-2-27-25(29)24(31-26(27)30)13-12-21-16-20(18-8-4-3-5-9-18)17-23-22-11-7-6-10-19(22)14-15-28(21)23/h3-13,16-17H,2,14-15H2,1H3. The molecule has 2 aromatic rings. The van der Waals surface area contributed by atoms with Crippen molar-refractivity contribution in [2.24, 2.45) is 0 Å². The largest absolute Gasteiger partial charge is 0.341 e. The van der Waals surface area contributed by atoms with E-state index < -0.39 is 0 Å². The second-order valence-corrected chi connectivity index (χ2v) is 9.27. The molecule has 31 heavy (non-hydrogen) atoms. The van der Waals surface area contributed by atoms with Crippen molar-refractivity contribution in [3.8, 4) is 0 Å². The Morgan fingerprint density at radius 3 is 2.58 bits per heavy atom. The third-order valence-electron chi connectivity index (χ3n) is 5.80. The molecule has 1 amide bonds. The lowest BCUT2D eigenvalue weighted by Crippen LogP contribution is -2.30. The topological polar surface area (TPSA) is 23.6 Å². The summed E-state index contributed by atoms with van der Waals surface area (Å²) in [6.45, 7) is 3.47. The van der Waals surface area contributed by atoms with Gasteiger partial charge in [-0.1, -0.05) is 78.6 Å². The first-order valence-corrected chi connectivity index (χ1v) is 11.7. The Morgan fingerprint density at radius 1 is 1.03 bits per heavy atom. The van der Waals surface area contributed by atoms with E-state index in [-0.39, 0.29) is 5.91 Å². The molecule has 0 spiro atoms. The smallest absolute Gasteiger partial charge is 0.266 e. The molecular weight excluding hydrogens is 420 g/mol. The van der Waals surface area contributed by atoms with Crippen LogP contribution in [0.1, 0.15) is 23.6 Å². The molecule has 3 heterocycles. The fraction of sp³-hybridized carbons (Fsp3) is 0.154. The Bertz CT molecular complexity index is 1190. The molecule has 1 fully saturated rings. The van der Waals surface area contributed by atoms with E-state index in [0.29, 0.717) is 15.8 Å². The van der Waals surface area contributed by atoms with E-state index >= 15 is 0 Å². The fourth-order valence-corrected chi connectivity index (χ4v) is 5.54. The van der Waals surface area contributed by atoms with E-state index in [1.165, 1.54) is 39.7 Å². The summed E-state index contributed by atoms with van der Waals surface area (Å²) in [4.78, 5) is 17.3. The van der Waals surface area contributed by atoms with Crippen LogP contribution in [0.5, 0.6) is 0 Å². The van der Waals surface area contributed by atoms with Crippen LogP contribution in [-0.2, 0) is 11.2 Å². The number of allylic oxidation sites excluding steroid dienone is 5. The minimum atomic E-state index is -0.00261. The van der Waals surface area contributed by atoms with Gasteiger partial charge in [0.1, 0.15) is 4.32 Å². The molecule has 3 aliphatic rings. The molecule has 1 saturated heterocycles. The second-order valence-electron chi connectivity index (χ2n) is 7.59. The van der Waals surface area contributed by atoms with Gasteiger partial charge in [-0.25, -0.2) is 0 Å². The van der Waals surface area contributed by atoms with Crippen molar-refractivity contribution in [1.82, 2.24) is 9.80 Å². The van der Waals surface area contributed by atoms with Crippen LogP contribution in [0.15, 0.2) is 89.5 Å². The van der Waals surface area contributed by atoms with Gasteiger partial charge in [-0.05, 0) is 54.3 Å². The summed E-state index contributed by atoms with van der Waals surface area (Å²) in [5, 5.41) is 0. The third kappa shape index (κ3) is 3.68. The quantitative estimate of drug-likeness (QED) is 0.454. The molecule has 154 valence electrons. The molecule has 2 aromatic carbocycles. The van der Waals surface area contributed by atoms with Gasteiger partial charge in [0, 0.05) is 30.0 Å². The number of hydrogen-bond acceptors (Lipinski definition) is 4. The predicted molar refractivity (Wildman–Crippen MR) is 133 cm³/mol. The molecule has 0 aliphatic carbocycles. The summed E-state index contributed by atoms with van der Waals surface area (Å²) in [5.74, 6) is -0.00261. The highest BCUT2D eigenvalue weighted by molar-refractivity contribution is 8.26. The monoisotopic (exact) mass is 442 g/mol. The van der Waals surface area contributed by atoms with Crippen molar-refractivity contribution in [3.05, 3.63) is 106 Å². The molecule has 0 bridgehead atoms. The van der Waals surface area contributed by atoms with Crippen LogP contribution in [0.2, 0.25) is 0 Å². The SMILES string of the molecule is CCN1C(=O)C(=CC=C2C=C(c3ccccc3)C=C3c4ccccc4CCN23)SC1=S. The van der Waals surface area contributed by atoms with Gasteiger partial charge < -0.3 is 4.90 Å². The average molecular weight is 443 g/mol. The predicted octanol–water partition coefficient (Wildman–Crippen LogP) is 5.63. The first-order valence-electron chi connectivity index (χ1n) is 10.5. The van der Waals surface area contributed by atoms with Crippen LogP contribution in [0.3, 0.4) is 0 Å². The Hall–Kier alpha value is -2.89. The average Bonchev–Trinajstić information content (AvgIpc) is 3.09. The van der Waals surface area contributed by atoms with Gasteiger partial charge >= 0.3 is 0 Å². The van der Waals surface area contributed by atoms with E-state index in [4.69, 9.17) is 12.2 Å². The number of carbonyl (C=O) groups is 1. The summed E-state index contributed by atoms with van der Waals surface area (Å²) in [6, 6.07) is 19.1. The van der Waals surface area contributed by atoms with Crippen LogP contribution < -0.4 is 0 Å². The van der Waals surface area contributed by atoms with E-state index in [9.17, 15) is 4.79 Å². The number of likely N-dealkylation sites (N-methyl/N-ethyl adjacent to an activating group) is 1. The minimum Gasteiger partial charge on any atom is -0.341 e. The third-order valence-corrected chi connectivity index (χ3v) is 7.19. The van der Waals surface area contributed by atoms with Crippen LogP contribution in [0.4, 0.5) is 0 Å². The Balaban J connectivity index is 1.59. The molecule has 0 saturated carbocycles. The minimum absolute atomic E-state index is 0.00261. The van der Waals surface area contributed by atoms with Crippen LogP contribution in [0, 0.1) is 0 Å². The van der Waals surface area contributed by atoms with Crippen LogP contribution in [0.25, 0.3) is 11.3 Å². The van der Waals surface area contributed by atoms with Crippen molar-refractivity contribution < 1.29 is 4.79 Å². The van der Waals surface area contributed by atoms with Crippen molar-refractivity contribution in [2.45, 2.75) is 13.3 Å². The highest BCUT2D eigenvalue weighted by Gasteiger charge is 2.31. The van der Waals surface area contributed by atoms with Crippen molar-refractivity contribution in [1.29, 1.82) is 0 Å². The van der Waals surface area contributed by atoms with Crippen LogP contribution >= 0.6 is 24.0 Å². The summed E-state index contributed by atoms with van der Waals surface area (Å²) >= 11 is 6.74. The Kier molecular flexibility index (Phi) is 5.38. The first kappa shape index (κ1) is 20.0. The van der Waals surface area contributed by atoms with Gasteiger partial charge in [-0.15, -0.1) is 0 Å². The number of thioether (sulfide) groups is 1. The highest BCUT2D eigenvalue weighted by Crippen LogP contribution is 2.39. The second kappa shape index (κ2) is 8.33. The van der Waals surface area contributed by atoms with E-state index in [0.717, 1.165) is 18.7 Å². The Labute approximate surface area is 192 Å². The molecule has 0 N–H and O–H groups in total. The summed E-state index contributed by atoms with van der Waals surface area (Å²) in [5.41, 5.74) is 7.31. The summed E-state index contributed by atoms with van der Waals surface area (Å²) < 4.78 is 0.633. The number of carbonyl (C=O) groups excluding carboxylic acids is 1. The molecule has 3 nitrogen and oxygen atoms in total. The lowest BCUT2D eigenvalue weighted by Gasteiger charge is -2.37. The van der Waals surface area contributed by atoms with Gasteiger partial charge in [-0.2, -0.15) is 0 Å². The number of amides is 1. The molecule has 0 unspecified atom stereocenters. The van der Waals surface area contributed by atoms with Gasteiger partial charge in [0.25, 0.3) is 5.91 Å². The van der Waals surface area contributed by atoms with Crippen molar-refractivity contribution in [2.75, 3.05) is 13.1 Å². The number of rotatable bonds is 3. The lowest BCUT2D eigenvalue weighted by molar-refractivity contribution is -0.122. The number of hydrogen-bond donors (Lipinski definition) is 0. The van der Waals surface area contributed by atoms with Gasteiger partial charge in [0.05, 0.1) is 4.91 Å². The van der Waals surface area contributed by atoms with Gasteiger partial charge in [-0.3, -0.25) is 9.69 Å². The molecule has 3 aliphatic heterocycles. The molecule has 5 rings (SSSR count). The van der Waals surface area contributed by atoms with E-state index in [1.54, 1.807) is 4.90 Å². The van der Waals surface area contributed by atoms with E-state index in [1.807, 2.05) is 19.1 Å². The number of thiocarbonyl (C=S) groups is 1. The van der Waals surface area contributed by atoms with Crippen molar-refractivity contribution >= 4 is 45.5 Å². The first-order chi connectivity index (χ1) is 15.2. The van der Waals surface area contributed by atoms with Crippen LogP contribution in [-0.4, -0.2) is 33.1 Å². The molecule has 0 aromatic heterocycles. The Morgan fingerprint density at radius 2 is 1.81 bits per heavy atom. The molecule has 5 heteroatoms. The zero-order valence-corrected chi connectivity index (χ0v) is 18.9. The highest BCUT2D eigenvalue weighted by atomic mass is 32.2. The zero-order chi connectivity index (χ0) is 21.4. The normalized spacial score (nSPS) is 20.7. The van der Waals surface area contributed by atoms with Crippen molar-refractivity contribution in [3.63, 3.8) is 0 Å². The summed E-state index contributed by atoms with van der Waals surface area (Å²) in [7, 11) is 0. The van der Waals surface area contributed by atoms with Gasteiger partial charge in [0.2, 0.25) is 0 Å². The summed E-state index contributed by atoms with van der Waals surface area (Å²) in [6.07, 6.45) is 9.47. The number of nitrogens with zero attached hydrogens (tertiary/aromatic N) is 2.